The second-order valence-corrected chi connectivity index (χ2v) is 5.76. The van der Waals surface area contributed by atoms with E-state index in [4.69, 9.17) is 0 Å². The number of pyridine rings is 1. The molecule has 2 aromatic heterocycles. The lowest BCUT2D eigenvalue weighted by molar-refractivity contribution is 0.462. The summed E-state index contributed by atoms with van der Waals surface area (Å²) in [6.45, 7) is 5.34. The Hall–Kier alpha value is -1.69. The van der Waals surface area contributed by atoms with Gasteiger partial charge in [0.2, 0.25) is 0 Å². The Balaban J connectivity index is 2.13. The topological polar surface area (TPSA) is 59.8 Å². The minimum Gasteiger partial charge on any atom is -0.379 e. The highest BCUT2D eigenvalue weighted by atomic mass is 79.9. The number of halogens is 1. The van der Waals surface area contributed by atoms with Gasteiger partial charge in [0.1, 0.15) is 4.47 Å². The molecule has 2 aromatic rings. The second-order valence-electron chi connectivity index (χ2n) is 4.96. The Morgan fingerprint density at radius 3 is 2.70 bits per heavy atom. The number of aromatic nitrogens is 3. The number of nitrogens with one attached hydrogen (secondary N) is 1. The summed E-state index contributed by atoms with van der Waals surface area (Å²) in [5.41, 5.74) is 1.68. The van der Waals surface area contributed by atoms with E-state index >= 15 is 0 Å². The first-order valence-electron chi connectivity index (χ1n) is 6.46. The third-order valence-corrected chi connectivity index (χ3v) is 3.52. The molecule has 1 N–H and O–H groups in total. The Kier molecular flexibility index (Phi) is 4.89. The van der Waals surface area contributed by atoms with Gasteiger partial charge in [-0.2, -0.15) is 5.10 Å². The molecular formula is C14H17BrN4O. The monoisotopic (exact) mass is 336 g/mol. The number of hydrogen-bond acceptors (Lipinski definition) is 4. The fourth-order valence-corrected chi connectivity index (χ4v) is 2.21. The zero-order valence-electron chi connectivity index (χ0n) is 11.5. The van der Waals surface area contributed by atoms with Crippen LogP contribution < -0.4 is 10.9 Å². The maximum Gasteiger partial charge on any atom is 0.283 e. The van der Waals surface area contributed by atoms with Crippen LogP contribution in [0, 0.1) is 5.92 Å². The van der Waals surface area contributed by atoms with Crippen molar-refractivity contribution in [2.24, 2.45) is 5.92 Å². The zero-order chi connectivity index (χ0) is 14.5. The molecule has 6 heteroatoms. The minimum atomic E-state index is -0.113. The van der Waals surface area contributed by atoms with E-state index < -0.39 is 0 Å². The van der Waals surface area contributed by atoms with Crippen LogP contribution in [0.15, 0.2) is 40.0 Å². The molecule has 0 fully saturated rings. The van der Waals surface area contributed by atoms with Crippen molar-refractivity contribution in [3.05, 3.63) is 51.1 Å². The van der Waals surface area contributed by atoms with Crippen molar-refractivity contribution < 1.29 is 0 Å². The Morgan fingerprint density at radius 1 is 1.35 bits per heavy atom. The predicted octanol–water partition coefficient (Wildman–Crippen LogP) is 2.67. The van der Waals surface area contributed by atoms with Gasteiger partial charge in [-0.25, -0.2) is 4.68 Å². The van der Waals surface area contributed by atoms with Crippen molar-refractivity contribution in [3.63, 3.8) is 0 Å². The largest absolute Gasteiger partial charge is 0.379 e. The molecule has 0 aromatic carbocycles. The van der Waals surface area contributed by atoms with Gasteiger partial charge in [-0.05, 0) is 39.5 Å². The maximum atomic E-state index is 12.1. The predicted molar refractivity (Wildman–Crippen MR) is 82.6 cm³/mol. The van der Waals surface area contributed by atoms with E-state index in [0.29, 0.717) is 29.2 Å². The van der Waals surface area contributed by atoms with Crippen LogP contribution in [0.25, 0.3) is 0 Å². The molecule has 2 rings (SSSR count). The average Bonchev–Trinajstić information content (AvgIpc) is 2.44. The van der Waals surface area contributed by atoms with E-state index in [2.05, 4.69) is 45.2 Å². The quantitative estimate of drug-likeness (QED) is 0.911. The number of rotatable bonds is 5. The lowest BCUT2D eigenvalue weighted by atomic mass is 10.2. The molecule has 0 unspecified atom stereocenters. The van der Waals surface area contributed by atoms with Crippen molar-refractivity contribution in [1.82, 2.24) is 14.8 Å². The van der Waals surface area contributed by atoms with E-state index in [1.54, 1.807) is 18.6 Å². The fraction of sp³-hybridized carbons (Fsp3) is 0.357. The number of anilines is 1. The summed E-state index contributed by atoms with van der Waals surface area (Å²) in [6, 6.07) is 3.85. The zero-order valence-corrected chi connectivity index (χ0v) is 13.1. The highest BCUT2D eigenvalue weighted by molar-refractivity contribution is 9.10. The smallest absolute Gasteiger partial charge is 0.283 e. The SMILES string of the molecule is CC(C)Cn1ncc(NCc2ccncc2)c(Br)c1=O. The van der Waals surface area contributed by atoms with Crippen molar-refractivity contribution >= 4 is 21.6 Å². The Labute approximate surface area is 126 Å². The molecule has 106 valence electrons. The molecule has 0 bridgehead atoms. The van der Waals surface area contributed by atoms with Crippen molar-refractivity contribution in [2.45, 2.75) is 26.9 Å². The van der Waals surface area contributed by atoms with Gasteiger partial charge in [-0.15, -0.1) is 0 Å². The van der Waals surface area contributed by atoms with Gasteiger partial charge in [0, 0.05) is 25.5 Å². The van der Waals surface area contributed by atoms with Crippen LogP contribution in [-0.4, -0.2) is 14.8 Å². The molecule has 0 atom stereocenters. The summed E-state index contributed by atoms with van der Waals surface area (Å²) in [4.78, 5) is 16.1. The molecule has 0 aliphatic carbocycles. The molecule has 0 saturated heterocycles. The summed E-state index contributed by atoms with van der Waals surface area (Å²) >= 11 is 3.35. The van der Waals surface area contributed by atoms with Gasteiger partial charge in [-0.1, -0.05) is 13.8 Å². The van der Waals surface area contributed by atoms with Gasteiger partial charge >= 0.3 is 0 Å². The summed E-state index contributed by atoms with van der Waals surface area (Å²) in [5, 5.41) is 7.39. The molecule has 0 aliphatic rings. The van der Waals surface area contributed by atoms with Crippen LogP contribution in [0.5, 0.6) is 0 Å². The van der Waals surface area contributed by atoms with Crippen LogP contribution in [0.3, 0.4) is 0 Å². The van der Waals surface area contributed by atoms with Crippen LogP contribution in [0.2, 0.25) is 0 Å². The molecule has 2 heterocycles. The average molecular weight is 337 g/mol. The van der Waals surface area contributed by atoms with E-state index in [0.717, 1.165) is 5.56 Å². The Bertz CT molecular complexity index is 625. The molecule has 0 aliphatic heterocycles. The van der Waals surface area contributed by atoms with Gasteiger partial charge in [0.05, 0.1) is 11.9 Å². The third kappa shape index (κ3) is 3.66. The molecule has 0 amide bonds. The third-order valence-electron chi connectivity index (χ3n) is 2.76. The van der Waals surface area contributed by atoms with E-state index in [-0.39, 0.29) is 5.56 Å². The van der Waals surface area contributed by atoms with Crippen molar-refractivity contribution in [3.8, 4) is 0 Å². The normalized spacial score (nSPS) is 10.8. The van der Waals surface area contributed by atoms with Gasteiger partial charge in [-0.3, -0.25) is 9.78 Å². The van der Waals surface area contributed by atoms with Crippen molar-refractivity contribution in [2.75, 3.05) is 5.32 Å². The van der Waals surface area contributed by atoms with E-state index in [9.17, 15) is 4.79 Å². The lowest BCUT2D eigenvalue weighted by Crippen LogP contribution is -2.26. The summed E-state index contributed by atoms with van der Waals surface area (Å²) in [7, 11) is 0. The second kappa shape index (κ2) is 6.65. The first kappa shape index (κ1) is 14.7. The molecular weight excluding hydrogens is 320 g/mol. The van der Waals surface area contributed by atoms with E-state index in [1.165, 1.54) is 4.68 Å². The van der Waals surface area contributed by atoms with E-state index in [1.807, 2.05) is 12.1 Å². The maximum absolute atomic E-state index is 12.1. The molecule has 20 heavy (non-hydrogen) atoms. The molecule has 5 nitrogen and oxygen atoms in total. The highest BCUT2D eigenvalue weighted by Crippen LogP contribution is 2.17. The van der Waals surface area contributed by atoms with Crippen LogP contribution >= 0.6 is 15.9 Å². The van der Waals surface area contributed by atoms with Crippen LogP contribution in [0.1, 0.15) is 19.4 Å². The number of nitrogens with zero attached hydrogens (tertiary/aromatic N) is 3. The summed E-state index contributed by atoms with van der Waals surface area (Å²) in [6.07, 6.45) is 5.16. The summed E-state index contributed by atoms with van der Waals surface area (Å²) < 4.78 is 1.99. The summed E-state index contributed by atoms with van der Waals surface area (Å²) in [5.74, 6) is 0.378. The molecule has 0 spiro atoms. The van der Waals surface area contributed by atoms with Gasteiger partial charge in [0.25, 0.3) is 5.56 Å². The van der Waals surface area contributed by atoms with Crippen molar-refractivity contribution in [1.29, 1.82) is 0 Å². The van der Waals surface area contributed by atoms with Crippen LogP contribution in [-0.2, 0) is 13.1 Å². The number of hydrogen-bond donors (Lipinski definition) is 1. The highest BCUT2D eigenvalue weighted by Gasteiger charge is 2.09. The van der Waals surface area contributed by atoms with Crippen LogP contribution in [0.4, 0.5) is 5.69 Å². The minimum absolute atomic E-state index is 0.113. The van der Waals surface area contributed by atoms with Gasteiger partial charge in [0.15, 0.2) is 0 Å². The van der Waals surface area contributed by atoms with Gasteiger partial charge < -0.3 is 5.32 Å². The lowest BCUT2D eigenvalue weighted by Gasteiger charge is -2.11. The standard InChI is InChI=1S/C14H17BrN4O/c1-10(2)9-19-14(20)13(15)12(8-18-19)17-7-11-3-5-16-6-4-11/h3-6,8,10,17H,7,9H2,1-2H3. The molecule has 0 radical (unpaired) electrons. The fourth-order valence-electron chi connectivity index (χ4n) is 1.76. The first-order valence-corrected chi connectivity index (χ1v) is 7.25. The first-order chi connectivity index (χ1) is 9.58. The molecule has 0 saturated carbocycles. The Morgan fingerprint density at radius 2 is 2.05 bits per heavy atom.